The van der Waals surface area contributed by atoms with Crippen molar-refractivity contribution in [2.75, 3.05) is 6.54 Å². The Morgan fingerprint density at radius 1 is 1.36 bits per heavy atom. The van der Waals surface area contributed by atoms with Crippen LogP contribution in [0.1, 0.15) is 87.4 Å². The van der Waals surface area contributed by atoms with E-state index >= 15 is 0 Å². The monoisotopic (exact) mass is 305 g/mol. The third-order valence-corrected chi connectivity index (χ3v) is 4.90. The molecule has 1 aromatic rings. The van der Waals surface area contributed by atoms with Gasteiger partial charge in [0.15, 0.2) is 0 Å². The molecule has 0 aromatic carbocycles. The van der Waals surface area contributed by atoms with Crippen LogP contribution in [0, 0.1) is 12.8 Å². The van der Waals surface area contributed by atoms with Crippen LogP contribution in [0.15, 0.2) is 6.07 Å². The minimum absolute atomic E-state index is 0.0211. The smallest absolute Gasteiger partial charge is 0.271 e. The Bertz CT molecular complexity index is 475. The van der Waals surface area contributed by atoms with E-state index in [4.69, 9.17) is 0 Å². The van der Waals surface area contributed by atoms with Crippen LogP contribution < -0.4 is 5.32 Å². The van der Waals surface area contributed by atoms with Crippen LogP contribution in [0.2, 0.25) is 0 Å². The number of carbonyl (C=O) groups excluding carboxylic acids is 1. The van der Waals surface area contributed by atoms with Gasteiger partial charge in [-0.05, 0) is 38.2 Å². The van der Waals surface area contributed by atoms with Gasteiger partial charge in [-0.3, -0.25) is 9.48 Å². The van der Waals surface area contributed by atoms with Crippen molar-refractivity contribution in [3.05, 3.63) is 17.5 Å². The van der Waals surface area contributed by atoms with E-state index < -0.39 is 0 Å². The van der Waals surface area contributed by atoms with Gasteiger partial charge in [-0.15, -0.1) is 0 Å². The molecule has 2 rings (SSSR count). The summed E-state index contributed by atoms with van der Waals surface area (Å²) in [7, 11) is 0. The summed E-state index contributed by atoms with van der Waals surface area (Å²) in [6.07, 6.45) is 9.73. The van der Waals surface area contributed by atoms with E-state index in [-0.39, 0.29) is 5.91 Å². The fourth-order valence-electron chi connectivity index (χ4n) is 3.48. The summed E-state index contributed by atoms with van der Waals surface area (Å²) in [5.41, 5.74) is 1.69. The quantitative estimate of drug-likeness (QED) is 0.818. The second-order valence-electron chi connectivity index (χ2n) is 6.68. The molecule has 0 radical (unpaired) electrons. The molecule has 0 saturated heterocycles. The van der Waals surface area contributed by atoms with Gasteiger partial charge < -0.3 is 5.32 Å². The number of carbonyl (C=O) groups is 1. The Morgan fingerprint density at radius 3 is 2.73 bits per heavy atom. The minimum Gasteiger partial charge on any atom is -0.350 e. The van der Waals surface area contributed by atoms with Crippen LogP contribution >= 0.6 is 0 Å². The number of nitrogens with zero attached hydrogens (tertiary/aromatic N) is 2. The number of amides is 1. The average Bonchev–Trinajstić information content (AvgIpc) is 2.94. The molecule has 4 heteroatoms. The molecule has 0 spiro atoms. The zero-order valence-corrected chi connectivity index (χ0v) is 14.4. The number of rotatable bonds is 7. The summed E-state index contributed by atoms with van der Waals surface area (Å²) in [6, 6.07) is 2.42. The lowest BCUT2D eigenvalue weighted by Crippen LogP contribution is -2.29. The highest BCUT2D eigenvalue weighted by Crippen LogP contribution is 2.28. The highest BCUT2D eigenvalue weighted by atomic mass is 16.1. The Kier molecular flexibility index (Phi) is 6.47. The van der Waals surface area contributed by atoms with Crippen LogP contribution in [-0.4, -0.2) is 22.2 Å². The predicted octanol–water partition coefficient (Wildman–Crippen LogP) is 4.25. The van der Waals surface area contributed by atoms with E-state index in [1.54, 1.807) is 0 Å². The largest absolute Gasteiger partial charge is 0.350 e. The second-order valence-corrected chi connectivity index (χ2v) is 6.68. The topological polar surface area (TPSA) is 46.9 Å². The molecule has 1 aliphatic carbocycles. The molecule has 1 aliphatic rings. The maximum Gasteiger partial charge on any atom is 0.271 e. The van der Waals surface area contributed by atoms with Gasteiger partial charge in [0, 0.05) is 12.2 Å². The molecule has 1 unspecified atom stereocenters. The lowest BCUT2D eigenvalue weighted by Gasteiger charge is -2.23. The molecule has 1 saturated carbocycles. The summed E-state index contributed by atoms with van der Waals surface area (Å²) >= 11 is 0. The van der Waals surface area contributed by atoms with E-state index in [0.29, 0.717) is 17.7 Å². The molecular weight excluding hydrogens is 274 g/mol. The van der Waals surface area contributed by atoms with Crippen LogP contribution in [0.4, 0.5) is 0 Å². The van der Waals surface area contributed by atoms with Crippen molar-refractivity contribution in [1.29, 1.82) is 0 Å². The summed E-state index contributed by atoms with van der Waals surface area (Å²) < 4.78 is 2.08. The van der Waals surface area contributed by atoms with Gasteiger partial charge in [-0.2, -0.15) is 5.10 Å². The fraction of sp³-hybridized carbons (Fsp3) is 0.778. The molecule has 1 fully saturated rings. The number of hydrogen-bond acceptors (Lipinski definition) is 2. The van der Waals surface area contributed by atoms with Crippen LogP contribution in [0.25, 0.3) is 0 Å². The maximum atomic E-state index is 12.3. The molecule has 0 bridgehead atoms. The maximum absolute atomic E-state index is 12.3. The lowest BCUT2D eigenvalue weighted by molar-refractivity contribution is 0.0939. The molecule has 1 amide bonds. The molecule has 4 nitrogen and oxygen atoms in total. The molecule has 22 heavy (non-hydrogen) atoms. The summed E-state index contributed by atoms with van der Waals surface area (Å²) in [5.74, 6) is 0.558. The number of hydrogen-bond donors (Lipinski definition) is 1. The SMILES string of the molecule is CCCC(CC)CNC(=O)c1cc(C)n(C2CCCCC2)n1. The molecule has 1 heterocycles. The van der Waals surface area contributed by atoms with Gasteiger partial charge in [0.05, 0.1) is 6.04 Å². The molecule has 1 N–H and O–H groups in total. The van der Waals surface area contributed by atoms with Crippen LogP contribution in [0.3, 0.4) is 0 Å². The molecule has 1 aromatic heterocycles. The third-order valence-electron chi connectivity index (χ3n) is 4.90. The first-order valence-corrected chi connectivity index (χ1v) is 9.00. The van der Waals surface area contributed by atoms with E-state index in [2.05, 4.69) is 35.9 Å². The Morgan fingerprint density at radius 2 is 2.09 bits per heavy atom. The standard InChI is InChI=1S/C18H31N3O/c1-4-9-15(5-2)13-19-18(22)17-12-14(3)21(20-17)16-10-7-6-8-11-16/h12,15-16H,4-11,13H2,1-3H3,(H,19,22). The van der Waals surface area contributed by atoms with Gasteiger partial charge in [-0.25, -0.2) is 0 Å². The molecule has 0 aliphatic heterocycles. The molecule has 1 atom stereocenters. The number of nitrogens with one attached hydrogen (secondary N) is 1. The summed E-state index contributed by atoms with van der Waals surface area (Å²) in [5, 5.41) is 7.65. The molecular formula is C18H31N3O. The van der Waals surface area contributed by atoms with Crippen molar-refractivity contribution in [3.8, 4) is 0 Å². The third kappa shape index (κ3) is 4.34. The summed E-state index contributed by atoms with van der Waals surface area (Å²) in [6.45, 7) is 7.21. The summed E-state index contributed by atoms with van der Waals surface area (Å²) in [4.78, 5) is 12.3. The molecule has 124 valence electrons. The fourth-order valence-corrected chi connectivity index (χ4v) is 3.48. The number of aromatic nitrogens is 2. The normalized spacial score (nSPS) is 17.4. The van der Waals surface area contributed by atoms with Gasteiger partial charge in [0.2, 0.25) is 0 Å². The number of aryl methyl sites for hydroxylation is 1. The zero-order valence-electron chi connectivity index (χ0n) is 14.4. The van der Waals surface area contributed by atoms with E-state index in [0.717, 1.165) is 18.7 Å². The van der Waals surface area contributed by atoms with Gasteiger partial charge in [0.25, 0.3) is 5.91 Å². The van der Waals surface area contributed by atoms with Gasteiger partial charge in [0.1, 0.15) is 5.69 Å². The van der Waals surface area contributed by atoms with Gasteiger partial charge >= 0.3 is 0 Å². The van der Waals surface area contributed by atoms with Crippen molar-refractivity contribution in [1.82, 2.24) is 15.1 Å². The first kappa shape index (κ1) is 17.0. The van der Waals surface area contributed by atoms with Crippen molar-refractivity contribution in [2.45, 2.75) is 78.2 Å². The lowest BCUT2D eigenvalue weighted by atomic mass is 9.95. The second kappa shape index (κ2) is 8.35. The van der Waals surface area contributed by atoms with Crippen molar-refractivity contribution >= 4 is 5.91 Å². The first-order chi connectivity index (χ1) is 10.7. The Balaban J connectivity index is 1.95. The minimum atomic E-state index is -0.0211. The highest BCUT2D eigenvalue weighted by Gasteiger charge is 2.20. The van der Waals surface area contributed by atoms with Crippen molar-refractivity contribution in [2.24, 2.45) is 5.92 Å². The van der Waals surface area contributed by atoms with Crippen LogP contribution in [-0.2, 0) is 0 Å². The first-order valence-electron chi connectivity index (χ1n) is 9.00. The predicted molar refractivity (Wildman–Crippen MR) is 90.1 cm³/mol. The van der Waals surface area contributed by atoms with Gasteiger partial charge in [-0.1, -0.05) is 46.0 Å². The van der Waals surface area contributed by atoms with E-state index in [9.17, 15) is 4.79 Å². The zero-order chi connectivity index (χ0) is 15.9. The van der Waals surface area contributed by atoms with Crippen molar-refractivity contribution < 1.29 is 4.79 Å². The van der Waals surface area contributed by atoms with E-state index in [1.807, 2.05) is 6.07 Å². The highest BCUT2D eigenvalue weighted by molar-refractivity contribution is 5.92. The Labute approximate surface area is 134 Å². The van der Waals surface area contributed by atoms with Crippen LogP contribution in [0.5, 0.6) is 0 Å². The van der Waals surface area contributed by atoms with E-state index in [1.165, 1.54) is 44.9 Å². The average molecular weight is 305 g/mol. The Hall–Kier alpha value is -1.32. The van der Waals surface area contributed by atoms with Crippen molar-refractivity contribution in [3.63, 3.8) is 0 Å².